The number of amides is 1. The van der Waals surface area contributed by atoms with Crippen LogP contribution in [-0.4, -0.2) is 28.9 Å². The van der Waals surface area contributed by atoms with Gasteiger partial charge >= 0.3 is 6.61 Å². The highest BCUT2D eigenvalue weighted by Crippen LogP contribution is 2.42. The summed E-state index contributed by atoms with van der Waals surface area (Å²) in [5, 5.41) is 1.41. The lowest BCUT2D eigenvalue weighted by Gasteiger charge is -2.18. The van der Waals surface area contributed by atoms with Gasteiger partial charge in [0.2, 0.25) is 5.91 Å². The molecule has 1 atom stereocenters. The summed E-state index contributed by atoms with van der Waals surface area (Å²) in [6.07, 6.45) is 3.54. The molecule has 0 radical (unpaired) electrons. The third-order valence-corrected chi connectivity index (χ3v) is 6.80. The van der Waals surface area contributed by atoms with Crippen molar-refractivity contribution in [2.75, 3.05) is 6.54 Å². The highest BCUT2D eigenvalue weighted by molar-refractivity contribution is 6.09. The SMILES string of the molecule is O=C1CC(c2ccc(OC(F)F)c3oc4ccccc4c23)CN1Cc1ccc(-c2cccnc2)cc1F. The van der Waals surface area contributed by atoms with Crippen molar-refractivity contribution < 1.29 is 27.1 Å². The number of carbonyl (C=O) groups is 1. The number of benzene rings is 3. The van der Waals surface area contributed by atoms with E-state index in [0.717, 1.165) is 16.5 Å². The van der Waals surface area contributed by atoms with E-state index in [1.54, 1.807) is 47.6 Å². The van der Waals surface area contributed by atoms with Crippen LogP contribution in [0.3, 0.4) is 0 Å². The largest absolute Gasteiger partial charge is 0.452 e. The number of carbonyl (C=O) groups excluding carboxylic acids is 1. The summed E-state index contributed by atoms with van der Waals surface area (Å²) >= 11 is 0. The first kappa shape index (κ1) is 23.1. The number of halogens is 3. The highest BCUT2D eigenvalue weighted by atomic mass is 19.3. The van der Waals surface area contributed by atoms with Crippen LogP contribution in [0, 0.1) is 5.82 Å². The Morgan fingerprint density at radius 3 is 2.70 bits per heavy atom. The number of aromatic nitrogens is 1. The van der Waals surface area contributed by atoms with E-state index < -0.39 is 12.4 Å². The Bertz CT molecular complexity index is 1620. The van der Waals surface area contributed by atoms with Crippen LogP contribution in [0.2, 0.25) is 0 Å². The van der Waals surface area contributed by atoms with Gasteiger partial charge in [-0.25, -0.2) is 4.39 Å². The zero-order chi connectivity index (χ0) is 25.5. The summed E-state index contributed by atoms with van der Waals surface area (Å²) in [6, 6.07) is 19.0. The molecule has 186 valence electrons. The van der Waals surface area contributed by atoms with E-state index in [1.807, 2.05) is 24.3 Å². The monoisotopic (exact) mass is 502 g/mol. The topological polar surface area (TPSA) is 55.6 Å². The summed E-state index contributed by atoms with van der Waals surface area (Å²) in [5.74, 6) is -0.764. The number of alkyl halides is 2. The first-order valence-electron chi connectivity index (χ1n) is 11.8. The molecule has 1 fully saturated rings. The Labute approximate surface area is 210 Å². The molecule has 6 rings (SSSR count). The first-order valence-corrected chi connectivity index (χ1v) is 11.8. The van der Waals surface area contributed by atoms with Crippen molar-refractivity contribution >= 4 is 27.8 Å². The number of para-hydroxylation sites is 1. The fraction of sp³-hybridized carbons (Fsp3) is 0.172. The maximum absolute atomic E-state index is 15.0. The van der Waals surface area contributed by atoms with Gasteiger partial charge in [0.15, 0.2) is 11.3 Å². The van der Waals surface area contributed by atoms with Gasteiger partial charge < -0.3 is 14.1 Å². The zero-order valence-electron chi connectivity index (χ0n) is 19.5. The lowest BCUT2D eigenvalue weighted by molar-refractivity contribution is -0.128. The van der Waals surface area contributed by atoms with Crippen molar-refractivity contribution in [1.29, 1.82) is 0 Å². The number of nitrogens with zero attached hydrogens (tertiary/aromatic N) is 2. The summed E-state index contributed by atoms with van der Waals surface area (Å²) in [7, 11) is 0. The minimum atomic E-state index is -3.00. The molecule has 5 aromatic rings. The molecule has 1 unspecified atom stereocenters. The molecule has 0 aliphatic carbocycles. The second kappa shape index (κ2) is 9.28. The van der Waals surface area contributed by atoms with Crippen LogP contribution in [0.15, 0.2) is 83.5 Å². The number of hydrogen-bond acceptors (Lipinski definition) is 4. The number of ether oxygens (including phenoxy) is 1. The Morgan fingerprint density at radius 2 is 1.92 bits per heavy atom. The predicted molar refractivity (Wildman–Crippen MR) is 133 cm³/mol. The number of pyridine rings is 1. The highest BCUT2D eigenvalue weighted by Gasteiger charge is 2.33. The van der Waals surface area contributed by atoms with Crippen LogP contribution in [0.1, 0.15) is 23.5 Å². The minimum Gasteiger partial charge on any atom is -0.452 e. The molecule has 0 spiro atoms. The Balaban J connectivity index is 1.30. The summed E-state index contributed by atoms with van der Waals surface area (Å²) in [4.78, 5) is 18.7. The van der Waals surface area contributed by atoms with Crippen LogP contribution in [-0.2, 0) is 11.3 Å². The Hall–Kier alpha value is -4.33. The number of furan rings is 1. The molecule has 3 heterocycles. The summed E-state index contributed by atoms with van der Waals surface area (Å²) in [5.41, 5.74) is 3.51. The van der Waals surface area contributed by atoms with E-state index in [-0.39, 0.29) is 36.1 Å². The third kappa shape index (κ3) is 4.28. The van der Waals surface area contributed by atoms with E-state index in [2.05, 4.69) is 4.98 Å². The molecule has 1 aliphatic heterocycles. The van der Waals surface area contributed by atoms with Crippen molar-refractivity contribution in [3.63, 3.8) is 0 Å². The molecular formula is C29H21F3N2O3. The van der Waals surface area contributed by atoms with Crippen LogP contribution in [0.25, 0.3) is 33.1 Å². The zero-order valence-corrected chi connectivity index (χ0v) is 19.5. The average molecular weight is 502 g/mol. The van der Waals surface area contributed by atoms with Gasteiger partial charge in [0.1, 0.15) is 11.4 Å². The van der Waals surface area contributed by atoms with Gasteiger partial charge in [0.05, 0.1) is 0 Å². The van der Waals surface area contributed by atoms with Crippen molar-refractivity contribution in [3.05, 3.63) is 96.1 Å². The molecule has 3 aromatic carbocycles. The molecule has 1 saturated heterocycles. The van der Waals surface area contributed by atoms with E-state index in [1.165, 1.54) is 12.1 Å². The third-order valence-electron chi connectivity index (χ3n) is 6.80. The summed E-state index contributed by atoms with van der Waals surface area (Å²) < 4.78 is 51.6. The molecule has 0 N–H and O–H groups in total. The fourth-order valence-corrected chi connectivity index (χ4v) is 5.09. The van der Waals surface area contributed by atoms with Crippen LogP contribution in [0.4, 0.5) is 13.2 Å². The lowest BCUT2D eigenvalue weighted by Crippen LogP contribution is -2.25. The quantitative estimate of drug-likeness (QED) is 0.253. The van der Waals surface area contributed by atoms with E-state index in [4.69, 9.17) is 9.15 Å². The van der Waals surface area contributed by atoms with Crippen molar-refractivity contribution in [3.8, 4) is 16.9 Å². The molecule has 1 aliphatic rings. The van der Waals surface area contributed by atoms with E-state index in [9.17, 15) is 18.0 Å². The standard InChI is InChI=1S/C29H21F3N2O3/c30-23-12-17(18-4-3-11-33-14-18)7-8-19(23)15-34-16-20(13-26(34)35)21-9-10-25(37-29(31)32)28-27(21)22-5-1-2-6-24(22)36-28/h1-12,14,20,29H,13,15-16H2. The molecule has 1 amide bonds. The van der Waals surface area contributed by atoms with Crippen LogP contribution in [0.5, 0.6) is 5.75 Å². The van der Waals surface area contributed by atoms with E-state index in [0.29, 0.717) is 28.6 Å². The molecule has 0 bridgehead atoms. The van der Waals surface area contributed by atoms with Gasteiger partial charge in [-0.2, -0.15) is 8.78 Å². The van der Waals surface area contributed by atoms with Crippen LogP contribution >= 0.6 is 0 Å². The van der Waals surface area contributed by atoms with Crippen molar-refractivity contribution in [1.82, 2.24) is 9.88 Å². The smallest absolute Gasteiger partial charge is 0.387 e. The number of fused-ring (bicyclic) bond motifs is 3. The number of hydrogen-bond donors (Lipinski definition) is 0. The lowest BCUT2D eigenvalue weighted by atomic mass is 9.93. The van der Waals surface area contributed by atoms with Gasteiger partial charge in [-0.3, -0.25) is 9.78 Å². The molecular weight excluding hydrogens is 481 g/mol. The van der Waals surface area contributed by atoms with Gasteiger partial charge in [0.25, 0.3) is 0 Å². The maximum Gasteiger partial charge on any atom is 0.387 e. The molecule has 0 saturated carbocycles. The van der Waals surface area contributed by atoms with Crippen molar-refractivity contribution in [2.45, 2.75) is 25.5 Å². The van der Waals surface area contributed by atoms with Crippen LogP contribution < -0.4 is 4.74 Å². The predicted octanol–water partition coefficient (Wildman–Crippen LogP) is 6.90. The van der Waals surface area contributed by atoms with E-state index >= 15 is 0 Å². The first-order chi connectivity index (χ1) is 18.0. The molecule has 5 nitrogen and oxygen atoms in total. The van der Waals surface area contributed by atoms with Gasteiger partial charge in [-0.15, -0.1) is 0 Å². The average Bonchev–Trinajstić information content (AvgIpc) is 3.47. The van der Waals surface area contributed by atoms with Gasteiger partial charge in [-0.1, -0.05) is 42.5 Å². The second-order valence-corrected chi connectivity index (χ2v) is 9.06. The molecule has 2 aromatic heterocycles. The fourth-order valence-electron chi connectivity index (χ4n) is 5.09. The number of likely N-dealkylation sites (tertiary alicyclic amines) is 1. The molecule has 8 heteroatoms. The molecule has 37 heavy (non-hydrogen) atoms. The minimum absolute atomic E-state index is 0.0538. The number of rotatable bonds is 6. The maximum atomic E-state index is 15.0. The second-order valence-electron chi connectivity index (χ2n) is 9.06. The summed E-state index contributed by atoms with van der Waals surface area (Å²) in [6.45, 7) is -2.49. The van der Waals surface area contributed by atoms with Gasteiger partial charge in [0, 0.05) is 59.7 Å². The van der Waals surface area contributed by atoms with Gasteiger partial charge in [-0.05, 0) is 35.4 Å². The normalized spacial score (nSPS) is 15.8. The van der Waals surface area contributed by atoms with Crippen molar-refractivity contribution in [2.24, 2.45) is 0 Å². The Morgan fingerprint density at radius 1 is 1.05 bits per heavy atom. The Kier molecular flexibility index (Phi) is 5.79.